The molecule has 7 rings (SSSR count). The second-order valence-electron chi connectivity index (χ2n) is 17.8. The lowest BCUT2D eigenvalue weighted by Crippen LogP contribution is -2.61. The van der Waals surface area contributed by atoms with Gasteiger partial charge in [0, 0.05) is 24.8 Å². The maximum atomic E-state index is 16.3. The number of methoxy groups -OCH3 is 1. The molecule has 20 heteroatoms. The maximum Gasteiger partial charge on any atom is 0.408 e. The minimum Gasteiger partial charge on any atom is -0.497 e. The summed E-state index contributed by atoms with van der Waals surface area (Å²) >= 11 is 0. The number of nitrogens with zero attached hydrogens (tertiary/aromatic N) is 3. The Bertz CT molecular complexity index is 2230. The molecule has 0 radical (unpaired) electrons. The molecule has 3 saturated carbocycles. The Morgan fingerprint density at radius 3 is 2.43 bits per heavy atom. The second kappa shape index (κ2) is 15.3. The van der Waals surface area contributed by atoms with Crippen LogP contribution in [0.5, 0.6) is 11.6 Å². The van der Waals surface area contributed by atoms with Gasteiger partial charge in [0.2, 0.25) is 34.1 Å². The normalized spacial score (nSPS) is 30.0. The molecule has 15 nitrogen and oxygen atoms in total. The Morgan fingerprint density at radius 2 is 1.82 bits per heavy atom. The van der Waals surface area contributed by atoms with Gasteiger partial charge in [0.15, 0.2) is 5.69 Å². The minimum absolute atomic E-state index is 0.0182. The number of carbonyl (C=O) groups is 4. The number of sulfonamides is 1. The molecule has 2 aromatic rings. The average Bonchev–Trinajstić information content (AvgIpc) is 4.12. The van der Waals surface area contributed by atoms with E-state index in [-0.39, 0.29) is 43.1 Å². The fourth-order valence-electron chi connectivity index (χ4n) is 8.10. The lowest BCUT2D eigenvalue weighted by Gasteiger charge is -2.36. The number of alkyl carbamates (subject to hydrolysis) is 1. The van der Waals surface area contributed by atoms with Gasteiger partial charge in [-0.25, -0.2) is 32.0 Å². The number of allylic oxidation sites excluding steroid dienone is 1. The van der Waals surface area contributed by atoms with E-state index < -0.39 is 129 Å². The van der Waals surface area contributed by atoms with E-state index in [0.29, 0.717) is 12.2 Å². The van der Waals surface area contributed by atoms with Crippen molar-refractivity contribution >= 4 is 44.9 Å². The van der Waals surface area contributed by atoms with Crippen molar-refractivity contribution in [2.45, 2.75) is 133 Å². The molecule has 328 valence electrons. The number of benzene rings is 1. The number of amides is 4. The van der Waals surface area contributed by atoms with Crippen LogP contribution in [-0.2, 0) is 35.1 Å². The van der Waals surface area contributed by atoms with Crippen LogP contribution in [0.25, 0.3) is 11.0 Å². The first-order valence-corrected chi connectivity index (χ1v) is 21.6. The Balaban J connectivity index is 1.31. The van der Waals surface area contributed by atoms with Crippen LogP contribution in [0.4, 0.5) is 22.4 Å². The SMILES string of the molecule is CC[C@@H]1[C@@H]2CN(C(=O)[C@H](C(C)(C)C)NC(=O)O[C@@H]3CC3=CCCCC(F)(F)c3nc4ccc(OC)cc4nc3O2)[C@@H]1C(=O)N[C@]1(C(=O)NS(=O)(=O)C2(C)CC2)C[C@H]1C(F)F. The predicted molar refractivity (Wildman–Crippen MR) is 207 cm³/mol. The first-order valence-electron chi connectivity index (χ1n) is 20.1. The van der Waals surface area contributed by atoms with Crippen molar-refractivity contribution in [2.75, 3.05) is 13.7 Å². The first kappa shape index (κ1) is 43.3. The molecule has 1 saturated heterocycles. The number of aromatic nitrogens is 2. The van der Waals surface area contributed by atoms with Crippen molar-refractivity contribution in [3.63, 3.8) is 0 Å². The monoisotopic (exact) mass is 866 g/mol. The first-order chi connectivity index (χ1) is 28.0. The van der Waals surface area contributed by atoms with Crippen LogP contribution in [-0.4, -0.2) is 102 Å². The summed E-state index contributed by atoms with van der Waals surface area (Å²) in [5.74, 6) is -9.87. The van der Waals surface area contributed by atoms with Gasteiger partial charge in [-0.3, -0.25) is 19.1 Å². The van der Waals surface area contributed by atoms with E-state index in [9.17, 15) is 36.4 Å². The summed E-state index contributed by atoms with van der Waals surface area (Å²) in [4.78, 5) is 66.2. The van der Waals surface area contributed by atoms with E-state index in [1.54, 1.807) is 33.8 Å². The molecule has 3 heterocycles. The lowest BCUT2D eigenvalue weighted by molar-refractivity contribution is -0.144. The van der Waals surface area contributed by atoms with Crippen molar-refractivity contribution in [3.8, 4) is 11.6 Å². The number of ether oxygens (including phenoxy) is 3. The molecule has 5 aliphatic rings. The third-order valence-corrected chi connectivity index (χ3v) is 14.5. The Kier molecular flexibility index (Phi) is 11.1. The summed E-state index contributed by atoms with van der Waals surface area (Å²) < 4.78 is 105. The molecule has 2 aliphatic heterocycles. The molecule has 2 bridgehead atoms. The highest BCUT2D eigenvalue weighted by Crippen LogP contribution is 2.50. The standard InChI is InChI=1S/C40H50F4N6O9S/c1-7-22-27-19-50(28(22)32(51)48-39(18-23(39)31(41)42)35(53)49-60(55,56)38(5)14-15-38)34(52)30(37(2,3)4)47-36(54)59-26-16-20(26)10-8-9-13-40(43,44)29-33(58-27)46-25-17-21(57-6)11-12-24(25)45-29/h10-12,17,22-23,26-28,30-31H,7-9,13-16,18-19H2,1-6H3,(H,47,54)(H,48,51)(H,49,53)/t22-,23+,26-,27+,28+,30-,39-/m1/s1. The van der Waals surface area contributed by atoms with Crippen LogP contribution in [0, 0.1) is 17.3 Å². The number of rotatable bonds is 8. The Morgan fingerprint density at radius 1 is 1.10 bits per heavy atom. The topological polar surface area (TPSA) is 195 Å². The Labute approximate surface area is 344 Å². The highest BCUT2D eigenvalue weighted by molar-refractivity contribution is 7.91. The van der Waals surface area contributed by atoms with Crippen LogP contribution in [0.2, 0.25) is 0 Å². The quantitative estimate of drug-likeness (QED) is 0.242. The van der Waals surface area contributed by atoms with Gasteiger partial charge in [-0.1, -0.05) is 33.8 Å². The van der Waals surface area contributed by atoms with Crippen molar-refractivity contribution in [2.24, 2.45) is 17.3 Å². The number of alkyl halides is 4. The highest BCUT2D eigenvalue weighted by Gasteiger charge is 2.68. The van der Waals surface area contributed by atoms with Crippen LogP contribution in [0.3, 0.4) is 0 Å². The van der Waals surface area contributed by atoms with E-state index in [0.717, 1.165) is 10.5 Å². The fraction of sp³-hybridized carbons (Fsp3) is 0.650. The number of carbonyl (C=O) groups excluding carboxylic acids is 4. The fourth-order valence-corrected chi connectivity index (χ4v) is 9.41. The summed E-state index contributed by atoms with van der Waals surface area (Å²) in [6.07, 6.45) is -4.33. The van der Waals surface area contributed by atoms with Gasteiger partial charge in [0.25, 0.3) is 11.8 Å². The number of halogens is 4. The summed E-state index contributed by atoms with van der Waals surface area (Å²) in [5, 5.41) is 5.03. The van der Waals surface area contributed by atoms with E-state index in [1.165, 1.54) is 32.2 Å². The van der Waals surface area contributed by atoms with Crippen molar-refractivity contribution in [3.05, 3.63) is 35.5 Å². The third-order valence-electron chi connectivity index (χ3n) is 12.4. The van der Waals surface area contributed by atoms with Gasteiger partial charge in [-0.05, 0) is 68.6 Å². The molecule has 0 unspecified atom stereocenters. The largest absolute Gasteiger partial charge is 0.497 e. The van der Waals surface area contributed by atoms with Gasteiger partial charge in [0.1, 0.15) is 35.6 Å². The second-order valence-corrected chi connectivity index (χ2v) is 20.0. The summed E-state index contributed by atoms with van der Waals surface area (Å²) in [6.45, 7) is 7.57. The molecular weight excluding hydrogens is 817 g/mol. The molecule has 60 heavy (non-hydrogen) atoms. The highest BCUT2D eigenvalue weighted by atomic mass is 32.2. The van der Waals surface area contributed by atoms with E-state index in [4.69, 9.17) is 14.2 Å². The molecule has 1 aromatic carbocycles. The third kappa shape index (κ3) is 8.19. The maximum absolute atomic E-state index is 16.3. The Hall–Kier alpha value is -4.75. The molecule has 7 atom stereocenters. The van der Waals surface area contributed by atoms with E-state index >= 15 is 8.78 Å². The zero-order chi connectivity index (χ0) is 43.7. The molecule has 3 N–H and O–H groups in total. The molecule has 4 fully saturated rings. The van der Waals surface area contributed by atoms with Gasteiger partial charge in [0.05, 0.1) is 35.4 Å². The average molecular weight is 867 g/mol. The molecule has 0 spiro atoms. The van der Waals surface area contributed by atoms with Crippen LogP contribution >= 0.6 is 0 Å². The van der Waals surface area contributed by atoms with E-state index in [2.05, 4.69) is 20.6 Å². The zero-order valence-electron chi connectivity index (χ0n) is 34.2. The molecular formula is C40H50F4N6O9S. The summed E-state index contributed by atoms with van der Waals surface area (Å²) in [6, 6.07) is 1.53. The molecule has 1 aromatic heterocycles. The zero-order valence-corrected chi connectivity index (χ0v) is 35.0. The smallest absolute Gasteiger partial charge is 0.408 e. The summed E-state index contributed by atoms with van der Waals surface area (Å²) in [7, 11) is -2.90. The predicted octanol–water partition coefficient (Wildman–Crippen LogP) is 4.88. The minimum atomic E-state index is -4.32. The van der Waals surface area contributed by atoms with Crippen LogP contribution in [0.1, 0.15) is 91.7 Å². The number of fused-ring (bicyclic) bond motifs is 5. The number of nitrogens with one attached hydrogen (secondary N) is 3. The van der Waals surface area contributed by atoms with Gasteiger partial charge in [-0.2, -0.15) is 8.78 Å². The van der Waals surface area contributed by atoms with E-state index in [1.807, 2.05) is 4.72 Å². The number of hydrogen-bond acceptors (Lipinski definition) is 11. The number of hydrogen-bond donors (Lipinski definition) is 3. The van der Waals surface area contributed by atoms with Crippen molar-refractivity contribution in [1.82, 2.24) is 30.2 Å². The summed E-state index contributed by atoms with van der Waals surface area (Å²) in [5.41, 5.74) is -3.17. The van der Waals surface area contributed by atoms with Crippen LogP contribution in [0.15, 0.2) is 29.8 Å². The van der Waals surface area contributed by atoms with Crippen LogP contribution < -0.4 is 24.8 Å². The molecule has 4 amide bonds. The van der Waals surface area contributed by atoms with Gasteiger partial charge < -0.3 is 29.7 Å². The van der Waals surface area contributed by atoms with Crippen molar-refractivity contribution in [1.29, 1.82) is 0 Å². The van der Waals surface area contributed by atoms with Gasteiger partial charge in [-0.15, -0.1) is 0 Å². The van der Waals surface area contributed by atoms with Gasteiger partial charge >= 0.3 is 6.09 Å². The van der Waals surface area contributed by atoms with Crippen molar-refractivity contribution < 1.29 is 59.4 Å². The lowest BCUT2D eigenvalue weighted by atomic mass is 9.85. The molecule has 3 aliphatic carbocycles.